The van der Waals surface area contributed by atoms with E-state index in [0.29, 0.717) is 18.7 Å². The minimum Gasteiger partial charge on any atom is -0.353 e. The highest BCUT2D eigenvalue weighted by molar-refractivity contribution is 5.96. The number of benzene rings is 1. The molecule has 110 valence electrons. The largest absolute Gasteiger partial charge is 0.353 e. The van der Waals surface area contributed by atoms with E-state index in [2.05, 4.69) is 10.6 Å². The third kappa shape index (κ3) is 5.77. The van der Waals surface area contributed by atoms with E-state index in [4.69, 9.17) is 4.84 Å². The Bertz CT molecular complexity index is 451. The summed E-state index contributed by atoms with van der Waals surface area (Å²) in [5, 5.41) is 6.65. The molecular formula is C13H18FN3O3. The molecule has 1 aromatic carbocycles. The first-order valence-electron chi connectivity index (χ1n) is 6.08. The lowest BCUT2D eigenvalue weighted by Crippen LogP contribution is -2.39. The molecule has 20 heavy (non-hydrogen) atoms. The molecule has 0 fully saturated rings. The smallest absolute Gasteiger partial charge is 0.251 e. The maximum Gasteiger partial charge on any atom is 0.251 e. The van der Waals surface area contributed by atoms with Crippen molar-refractivity contribution < 1.29 is 18.8 Å². The number of hydrogen-bond acceptors (Lipinski definition) is 4. The first kappa shape index (κ1) is 16.1. The van der Waals surface area contributed by atoms with Gasteiger partial charge in [0, 0.05) is 25.7 Å². The second kappa shape index (κ2) is 8.23. The van der Waals surface area contributed by atoms with Crippen molar-refractivity contribution in [3.8, 4) is 0 Å². The van der Waals surface area contributed by atoms with E-state index < -0.39 is 11.7 Å². The molecule has 0 aromatic heterocycles. The number of nitrogens with zero attached hydrogens (tertiary/aromatic N) is 1. The zero-order chi connectivity index (χ0) is 15.0. The fourth-order valence-electron chi connectivity index (χ4n) is 1.37. The monoisotopic (exact) mass is 283 g/mol. The SMILES string of the molecule is CON(C)CCNC(=O)CNC(=O)c1ccc(F)cc1. The van der Waals surface area contributed by atoms with Gasteiger partial charge in [0.05, 0.1) is 13.7 Å². The van der Waals surface area contributed by atoms with E-state index in [1.807, 2.05) is 0 Å². The van der Waals surface area contributed by atoms with Crippen LogP contribution in [-0.4, -0.2) is 50.7 Å². The van der Waals surface area contributed by atoms with Gasteiger partial charge in [0.1, 0.15) is 5.82 Å². The molecule has 0 saturated carbocycles. The molecule has 1 rings (SSSR count). The normalized spacial score (nSPS) is 10.4. The lowest BCUT2D eigenvalue weighted by molar-refractivity contribution is -0.122. The van der Waals surface area contributed by atoms with Gasteiger partial charge in [0.15, 0.2) is 0 Å². The molecule has 0 aliphatic rings. The first-order chi connectivity index (χ1) is 9.52. The molecule has 1 aromatic rings. The first-order valence-corrected chi connectivity index (χ1v) is 6.08. The van der Waals surface area contributed by atoms with Gasteiger partial charge < -0.3 is 15.5 Å². The summed E-state index contributed by atoms with van der Waals surface area (Å²) in [4.78, 5) is 28.0. The van der Waals surface area contributed by atoms with Crippen molar-refractivity contribution in [2.75, 3.05) is 33.8 Å². The molecule has 0 unspecified atom stereocenters. The predicted octanol–water partition coefficient (Wildman–Crippen LogP) is 0.165. The molecule has 0 aliphatic heterocycles. The predicted molar refractivity (Wildman–Crippen MR) is 71.4 cm³/mol. The minimum atomic E-state index is -0.422. The number of carbonyl (C=O) groups excluding carboxylic acids is 2. The van der Waals surface area contributed by atoms with Crippen LogP contribution in [0.25, 0.3) is 0 Å². The summed E-state index contributed by atoms with van der Waals surface area (Å²) in [5.41, 5.74) is 0.304. The Morgan fingerprint density at radius 2 is 1.90 bits per heavy atom. The average molecular weight is 283 g/mol. The highest BCUT2D eigenvalue weighted by atomic mass is 19.1. The molecule has 0 atom stereocenters. The van der Waals surface area contributed by atoms with Gasteiger partial charge in [-0.3, -0.25) is 9.59 Å². The summed E-state index contributed by atoms with van der Waals surface area (Å²) < 4.78 is 12.7. The van der Waals surface area contributed by atoms with Crippen LogP contribution in [-0.2, 0) is 9.63 Å². The third-order valence-corrected chi connectivity index (χ3v) is 2.58. The summed E-state index contributed by atoms with van der Waals surface area (Å²) >= 11 is 0. The molecule has 2 amide bonds. The van der Waals surface area contributed by atoms with E-state index in [1.54, 1.807) is 12.1 Å². The number of halogens is 1. The average Bonchev–Trinajstić information content (AvgIpc) is 2.45. The van der Waals surface area contributed by atoms with Crippen molar-refractivity contribution in [2.24, 2.45) is 0 Å². The Labute approximate surface area is 116 Å². The van der Waals surface area contributed by atoms with Gasteiger partial charge >= 0.3 is 0 Å². The van der Waals surface area contributed by atoms with Crippen LogP contribution in [0, 0.1) is 5.82 Å². The van der Waals surface area contributed by atoms with Crippen LogP contribution < -0.4 is 10.6 Å². The Morgan fingerprint density at radius 1 is 1.25 bits per heavy atom. The van der Waals surface area contributed by atoms with Crippen molar-refractivity contribution in [1.29, 1.82) is 0 Å². The fraction of sp³-hybridized carbons (Fsp3) is 0.385. The van der Waals surface area contributed by atoms with Gasteiger partial charge in [0.25, 0.3) is 5.91 Å². The van der Waals surface area contributed by atoms with Crippen LogP contribution in [0.3, 0.4) is 0 Å². The minimum absolute atomic E-state index is 0.132. The third-order valence-electron chi connectivity index (χ3n) is 2.58. The Balaban J connectivity index is 2.27. The summed E-state index contributed by atoms with van der Waals surface area (Å²) in [6.07, 6.45) is 0. The second-order valence-electron chi connectivity index (χ2n) is 4.07. The number of carbonyl (C=O) groups is 2. The number of amides is 2. The molecule has 0 bridgehead atoms. The lowest BCUT2D eigenvalue weighted by atomic mass is 10.2. The highest BCUT2D eigenvalue weighted by Crippen LogP contribution is 2.01. The molecule has 0 heterocycles. The van der Waals surface area contributed by atoms with Crippen LogP contribution in [0.15, 0.2) is 24.3 Å². The van der Waals surface area contributed by atoms with Crippen LogP contribution >= 0.6 is 0 Å². The van der Waals surface area contributed by atoms with Crippen LogP contribution in [0.1, 0.15) is 10.4 Å². The topological polar surface area (TPSA) is 70.7 Å². The summed E-state index contributed by atoms with van der Waals surface area (Å²) in [6.45, 7) is 0.816. The van der Waals surface area contributed by atoms with Crippen molar-refractivity contribution in [2.45, 2.75) is 0 Å². The highest BCUT2D eigenvalue weighted by Gasteiger charge is 2.08. The van der Waals surface area contributed by atoms with Gasteiger partial charge in [-0.15, -0.1) is 0 Å². The molecule has 0 spiro atoms. The van der Waals surface area contributed by atoms with E-state index >= 15 is 0 Å². The van der Waals surface area contributed by atoms with Crippen molar-refractivity contribution in [3.63, 3.8) is 0 Å². The van der Waals surface area contributed by atoms with Crippen molar-refractivity contribution in [3.05, 3.63) is 35.6 Å². The number of nitrogens with one attached hydrogen (secondary N) is 2. The molecule has 0 aliphatic carbocycles. The van der Waals surface area contributed by atoms with E-state index in [-0.39, 0.29) is 12.5 Å². The molecule has 0 radical (unpaired) electrons. The Morgan fingerprint density at radius 3 is 2.50 bits per heavy atom. The van der Waals surface area contributed by atoms with Gasteiger partial charge in [-0.1, -0.05) is 0 Å². The van der Waals surface area contributed by atoms with Gasteiger partial charge in [-0.25, -0.2) is 4.39 Å². The standard InChI is InChI=1S/C13H18FN3O3/c1-17(20-2)8-7-15-12(18)9-16-13(19)10-3-5-11(14)6-4-10/h3-6H,7-9H2,1-2H3,(H,15,18)(H,16,19). The molecular weight excluding hydrogens is 265 g/mol. The fourth-order valence-corrected chi connectivity index (χ4v) is 1.37. The number of likely N-dealkylation sites (N-methyl/N-ethyl adjacent to an activating group) is 1. The Hall–Kier alpha value is -1.99. The molecule has 6 nitrogen and oxygen atoms in total. The maximum atomic E-state index is 12.7. The van der Waals surface area contributed by atoms with Crippen LogP contribution in [0.4, 0.5) is 4.39 Å². The number of rotatable bonds is 7. The summed E-state index contributed by atoms with van der Waals surface area (Å²) in [5.74, 6) is -1.14. The van der Waals surface area contributed by atoms with E-state index in [0.717, 1.165) is 0 Å². The van der Waals surface area contributed by atoms with Crippen molar-refractivity contribution >= 4 is 11.8 Å². The van der Waals surface area contributed by atoms with E-state index in [1.165, 1.54) is 31.4 Å². The summed E-state index contributed by atoms with van der Waals surface area (Å²) in [7, 11) is 3.27. The van der Waals surface area contributed by atoms with Crippen LogP contribution in [0.2, 0.25) is 0 Å². The van der Waals surface area contributed by atoms with Gasteiger partial charge in [-0.2, -0.15) is 5.06 Å². The lowest BCUT2D eigenvalue weighted by Gasteiger charge is -2.13. The zero-order valence-electron chi connectivity index (χ0n) is 11.5. The molecule has 7 heteroatoms. The quantitative estimate of drug-likeness (QED) is 0.700. The molecule has 0 saturated heterocycles. The van der Waals surface area contributed by atoms with E-state index in [9.17, 15) is 14.0 Å². The molecule has 2 N–H and O–H groups in total. The number of hydroxylamine groups is 2. The maximum absolute atomic E-state index is 12.7. The second-order valence-corrected chi connectivity index (χ2v) is 4.07. The zero-order valence-corrected chi connectivity index (χ0v) is 11.5. The van der Waals surface area contributed by atoms with Crippen molar-refractivity contribution in [1.82, 2.24) is 15.7 Å². The van der Waals surface area contributed by atoms with Gasteiger partial charge in [-0.05, 0) is 24.3 Å². The Kier molecular flexibility index (Phi) is 6.61. The number of hydrogen-bond donors (Lipinski definition) is 2. The van der Waals surface area contributed by atoms with Gasteiger partial charge in [0.2, 0.25) is 5.91 Å². The summed E-state index contributed by atoms with van der Waals surface area (Å²) in [6, 6.07) is 5.09. The van der Waals surface area contributed by atoms with Crippen LogP contribution in [0.5, 0.6) is 0 Å².